The van der Waals surface area contributed by atoms with Crippen LogP contribution < -0.4 is 0 Å². The van der Waals surface area contributed by atoms with E-state index in [9.17, 15) is 4.79 Å². The van der Waals surface area contributed by atoms with Crippen LogP contribution in [0.2, 0.25) is 0 Å². The minimum absolute atomic E-state index is 0.0700. The Morgan fingerprint density at radius 1 is 1.62 bits per heavy atom. The fourth-order valence-corrected chi connectivity index (χ4v) is 1.81. The summed E-state index contributed by atoms with van der Waals surface area (Å²) in [5.74, 6) is 0.0700. The number of hydrogen-bond acceptors (Lipinski definition) is 4. The zero-order valence-electron chi connectivity index (χ0n) is 9.54. The summed E-state index contributed by atoms with van der Waals surface area (Å²) in [4.78, 5) is 17.8. The molecule has 88 valence electrons. The van der Waals surface area contributed by atoms with Crippen molar-refractivity contribution >= 4 is 5.91 Å². The summed E-state index contributed by atoms with van der Waals surface area (Å²) in [6.45, 7) is 5.72. The maximum atomic E-state index is 12.1. The van der Waals surface area contributed by atoms with Crippen LogP contribution in [0.25, 0.3) is 0 Å². The summed E-state index contributed by atoms with van der Waals surface area (Å²) in [5, 5.41) is 3.98. The molecule has 1 aliphatic rings. The SMILES string of the molecule is C[C@H](C(=O)N1CCO[C@@H](C)C1)n1cncn1. The quantitative estimate of drug-likeness (QED) is 0.714. The van der Waals surface area contributed by atoms with Crippen molar-refractivity contribution in [3.63, 3.8) is 0 Å². The first-order chi connectivity index (χ1) is 7.68. The standard InChI is InChI=1S/C10H16N4O2/c1-8-5-13(3-4-16-8)10(15)9(2)14-7-11-6-12-14/h6-9H,3-5H2,1-2H3/t8-,9+/m0/s1. The average molecular weight is 224 g/mol. The van der Waals surface area contributed by atoms with Crippen molar-refractivity contribution in [1.29, 1.82) is 0 Å². The molecule has 1 aromatic heterocycles. The van der Waals surface area contributed by atoms with E-state index in [4.69, 9.17) is 4.74 Å². The molecule has 1 aromatic rings. The third kappa shape index (κ3) is 2.21. The lowest BCUT2D eigenvalue weighted by atomic mass is 10.2. The topological polar surface area (TPSA) is 60.2 Å². The molecule has 0 aromatic carbocycles. The van der Waals surface area contributed by atoms with Gasteiger partial charge in [-0.25, -0.2) is 9.67 Å². The molecule has 0 radical (unpaired) electrons. The maximum Gasteiger partial charge on any atom is 0.247 e. The smallest absolute Gasteiger partial charge is 0.247 e. The lowest BCUT2D eigenvalue weighted by Gasteiger charge is -2.32. The first-order valence-corrected chi connectivity index (χ1v) is 5.43. The molecule has 1 aliphatic heterocycles. The summed E-state index contributed by atoms with van der Waals surface area (Å²) in [6.07, 6.45) is 3.11. The van der Waals surface area contributed by atoms with Crippen LogP contribution in [0.4, 0.5) is 0 Å². The van der Waals surface area contributed by atoms with Crippen molar-refractivity contribution in [2.75, 3.05) is 19.7 Å². The van der Waals surface area contributed by atoms with Crippen LogP contribution in [0.1, 0.15) is 19.9 Å². The molecule has 0 unspecified atom stereocenters. The van der Waals surface area contributed by atoms with Gasteiger partial charge in [-0.2, -0.15) is 5.10 Å². The van der Waals surface area contributed by atoms with E-state index in [0.29, 0.717) is 19.7 Å². The van der Waals surface area contributed by atoms with E-state index < -0.39 is 0 Å². The zero-order valence-corrected chi connectivity index (χ0v) is 9.54. The molecule has 0 N–H and O–H groups in total. The Kier molecular flexibility index (Phi) is 3.19. The van der Waals surface area contributed by atoms with Crippen LogP contribution in [-0.4, -0.2) is 51.4 Å². The fourth-order valence-electron chi connectivity index (χ4n) is 1.81. The monoisotopic (exact) mass is 224 g/mol. The van der Waals surface area contributed by atoms with Crippen LogP contribution in [0.15, 0.2) is 12.7 Å². The van der Waals surface area contributed by atoms with Crippen molar-refractivity contribution in [2.24, 2.45) is 0 Å². The molecule has 2 rings (SSSR count). The second-order valence-electron chi connectivity index (χ2n) is 4.02. The van der Waals surface area contributed by atoms with Crippen molar-refractivity contribution in [2.45, 2.75) is 26.0 Å². The van der Waals surface area contributed by atoms with Gasteiger partial charge in [0.25, 0.3) is 0 Å². The van der Waals surface area contributed by atoms with Crippen molar-refractivity contribution in [1.82, 2.24) is 19.7 Å². The number of nitrogens with zero attached hydrogens (tertiary/aromatic N) is 4. The van der Waals surface area contributed by atoms with Gasteiger partial charge < -0.3 is 9.64 Å². The Morgan fingerprint density at radius 2 is 2.44 bits per heavy atom. The Bertz CT molecular complexity index is 352. The van der Waals surface area contributed by atoms with Crippen LogP contribution in [0, 0.1) is 0 Å². The zero-order chi connectivity index (χ0) is 11.5. The van der Waals surface area contributed by atoms with Gasteiger partial charge in [0.1, 0.15) is 18.7 Å². The minimum atomic E-state index is -0.298. The highest BCUT2D eigenvalue weighted by Gasteiger charge is 2.26. The van der Waals surface area contributed by atoms with E-state index in [1.807, 2.05) is 18.7 Å². The van der Waals surface area contributed by atoms with Crippen molar-refractivity contribution in [3.05, 3.63) is 12.7 Å². The predicted molar refractivity (Wildman–Crippen MR) is 56.7 cm³/mol. The normalized spacial score (nSPS) is 23.1. The minimum Gasteiger partial charge on any atom is -0.375 e. The first kappa shape index (κ1) is 11.1. The number of hydrogen-bond donors (Lipinski definition) is 0. The van der Waals surface area contributed by atoms with Gasteiger partial charge in [0, 0.05) is 13.1 Å². The largest absolute Gasteiger partial charge is 0.375 e. The molecule has 1 amide bonds. The Balaban J connectivity index is 2.01. The van der Waals surface area contributed by atoms with Crippen molar-refractivity contribution < 1.29 is 9.53 Å². The van der Waals surface area contributed by atoms with Gasteiger partial charge in [0.2, 0.25) is 5.91 Å². The highest BCUT2D eigenvalue weighted by atomic mass is 16.5. The Hall–Kier alpha value is -1.43. The van der Waals surface area contributed by atoms with E-state index in [0.717, 1.165) is 0 Å². The van der Waals surface area contributed by atoms with E-state index in [1.54, 1.807) is 11.0 Å². The van der Waals surface area contributed by atoms with Gasteiger partial charge in [-0.05, 0) is 13.8 Å². The molecule has 1 saturated heterocycles. The fraction of sp³-hybridized carbons (Fsp3) is 0.700. The summed E-state index contributed by atoms with van der Waals surface area (Å²) >= 11 is 0. The van der Waals surface area contributed by atoms with Gasteiger partial charge >= 0.3 is 0 Å². The van der Waals surface area contributed by atoms with E-state index in [2.05, 4.69) is 10.1 Å². The molecule has 6 heteroatoms. The summed E-state index contributed by atoms with van der Waals surface area (Å²) < 4.78 is 6.97. The number of morpholine rings is 1. The maximum absolute atomic E-state index is 12.1. The molecular formula is C10H16N4O2. The van der Waals surface area contributed by atoms with Crippen molar-refractivity contribution in [3.8, 4) is 0 Å². The molecule has 16 heavy (non-hydrogen) atoms. The van der Waals surface area contributed by atoms with Crippen LogP contribution in [0.5, 0.6) is 0 Å². The lowest BCUT2D eigenvalue weighted by Crippen LogP contribution is -2.46. The van der Waals surface area contributed by atoms with Gasteiger partial charge in [-0.15, -0.1) is 0 Å². The number of rotatable bonds is 2. The molecule has 1 fully saturated rings. The van der Waals surface area contributed by atoms with Gasteiger partial charge in [-0.3, -0.25) is 4.79 Å². The predicted octanol–water partition coefficient (Wildman–Crippen LogP) is 0.0864. The van der Waals surface area contributed by atoms with E-state index in [1.165, 1.54) is 6.33 Å². The average Bonchev–Trinajstić information content (AvgIpc) is 2.80. The lowest BCUT2D eigenvalue weighted by molar-refractivity contribution is -0.141. The molecule has 6 nitrogen and oxygen atoms in total. The number of carbonyl (C=O) groups is 1. The third-order valence-electron chi connectivity index (χ3n) is 2.74. The van der Waals surface area contributed by atoms with Gasteiger partial charge in [0.15, 0.2) is 0 Å². The number of carbonyl (C=O) groups excluding carboxylic acids is 1. The third-order valence-corrected chi connectivity index (χ3v) is 2.74. The van der Waals surface area contributed by atoms with Crippen LogP contribution >= 0.6 is 0 Å². The molecule has 0 saturated carbocycles. The first-order valence-electron chi connectivity index (χ1n) is 5.43. The highest BCUT2D eigenvalue weighted by molar-refractivity contribution is 5.80. The number of amides is 1. The summed E-state index contributed by atoms with van der Waals surface area (Å²) in [5.41, 5.74) is 0. The molecule has 0 spiro atoms. The Labute approximate surface area is 94.2 Å². The van der Waals surface area contributed by atoms with E-state index >= 15 is 0 Å². The Morgan fingerprint density at radius 3 is 3.06 bits per heavy atom. The molecule has 0 aliphatic carbocycles. The molecule has 2 atom stereocenters. The second kappa shape index (κ2) is 4.61. The van der Waals surface area contributed by atoms with Crippen LogP contribution in [0.3, 0.4) is 0 Å². The summed E-state index contributed by atoms with van der Waals surface area (Å²) in [6, 6.07) is -0.298. The molecule has 2 heterocycles. The number of aromatic nitrogens is 3. The van der Waals surface area contributed by atoms with Gasteiger partial charge in [0.05, 0.1) is 12.7 Å². The van der Waals surface area contributed by atoms with Crippen LogP contribution in [-0.2, 0) is 9.53 Å². The summed E-state index contributed by atoms with van der Waals surface area (Å²) in [7, 11) is 0. The molecular weight excluding hydrogens is 208 g/mol. The number of ether oxygens (including phenoxy) is 1. The van der Waals surface area contributed by atoms with E-state index in [-0.39, 0.29) is 18.1 Å². The second-order valence-corrected chi connectivity index (χ2v) is 4.02. The highest BCUT2D eigenvalue weighted by Crippen LogP contribution is 2.12. The molecule has 0 bridgehead atoms. The van der Waals surface area contributed by atoms with Gasteiger partial charge in [-0.1, -0.05) is 0 Å².